The number of carbonyl (C=O) groups excluding carboxylic acids is 1. The van der Waals surface area contributed by atoms with Gasteiger partial charge in [-0.1, -0.05) is 19.3 Å². The van der Waals surface area contributed by atoms with E-state index < -0.39 is 16.0 Å². The van der Waals surface area contributed by atoms with Crippen LogP contribution in [0.1, 0.15) is 45.4 Å². The van der Waals surface area contributed by atoms with Crippen LogP contribution < -0.4 is 0 Å². The fourth-order valence-electron chi connectivity index (χ4n) is 3.47. The van der Waals surface area contributed by atoms with Crippen molar-refractivity contribution in [3.8, 4) is 0 Å². The molecule has 0 N–H and O–H groups in total. The third kappa shape index (κ3) is 3.91. The molecule has 2 fully saturated rings. The highest BCUT2D eigenvalue weighted by molar-refractivity contribution is 7.86. The Labute approximate surface area is 114 Å². The monoisotopic (exact) mass is 291 g/mol. The predicted octanol–water partition coefficient (Wildman–Crippen LogP) is 2.10. The summed E-state index contributed by atoms with van der Waals surface area (Å²) in [6.45, 7) is 2.43. The van der Waals surface area contributed by atoms with E-state index in [0.29, 0.717) is 12.5 Å². The van der Waals surface area contributed by atoms with Crippen molar-refractivity contribution >= 4 is 16.1 Å². The first-order valence-corrected chi connectivity index (χ1v) is 8.64. The summed E-state index contributed by atoms with van der Waals surface area (Å²) in [5, 5.41) is 0. The lowest BCUT2D eigenvalue weighted by molar-refractivity contribution is -0.130. The third-order valence-electron chi connectivity index (χ3n) is 4.50. The molecule has 2 atom stereocenters. The van der Waals surface area contributed by atoms with Crippen LogP contribution in [0.2, 0.25) is 0 Å². The summed E-state index contributed by atoms with van der Waals surface area (Å²) in [7, 11) is -4.48. The largest absolute Gasteiger partial charge is 0.339 e. The Balaban J connectivity index is 1.95. The Morgan fingerprint density at radius 2 is 1.95 bits per heavy atom. The molecular formula is C13H22FNO3S. The van der Waals surface area contributed by atoms with E-state index in [9.17, 15) is 17.1 Å². The summed E-state index contributed by atoms with van der Waals surface area (Å²) in [5.41, 5.74) is 0. The molecule has 0 radical (unpaired) electrons. The summed E-state index contributed by atoms with van der Waals surface area (Å²) in [5.74, 6) is -0.411. The Morgan fingerprint density at radius 1 is 1.32 bits per heavy atom. The van der Waals surface area contributed by atoms with Crippen molar-refractivity contribution in [3.63, 3.8) is 0 Å². The second kappa shape index (κ2) is 5.77. The molecule has 0 spiro atoms. The lowest BCUT2D eigenvalue weighted by Crippen LogP contribution is -2.40. The predicted molar refractivity (Wildman–Crippen MR) is 70.8 cm³/mol. The second-order valence-corrected chi connectivity index (χ2v) is 7.37. The van der Waals surface area contributed by atoms with Crippen molar-refractivity contribution < 1.29 is 17.1 Å². The number of amides is 1. The van der Waals surface area contributed by atoms with Crippen LogP contribution in [0.15, 0.2) is 0 Å². The van der Waals surface area contributed by atoms with Crippen molar-refractivity contribution in [2.75, 3.05) is 12.3 Å². The highest BCUT2D eigenvalue weighted by Crippen LogP contribution is 2.32. The average molecular weight is 291 g/mol. The molecule has 0 aromatic rings. The van der Waals surface area contributed by atoms with E-state index >= 15 is 0 Å². The minimum Gasteiger partial charge on any atom is -0.339 e. The molecule has 6 heteroatoms. The molecule has 1 saturated carbocycles. The van der Waals surface area contributed by atoms with E-state index in [0.717, 1.165) is 12.8 Å². The number of nitrogens with zero attached hydrogens (tertiary/aromatic N) is 1. The van der Waals surface area contributed by atoms with E-state index in [4.69, 9.17) is 0 Å². The molecule has 1 saturated heterocycles. The van der Waals surface area contributed by atoms with Gasteiger partial charge in [0.15, 0.2) is 0 Å². The van der Waals surface area contributed by atoms with Crippen LogP contribution in [0.3, 0.4) is 0 Å². The van der Waals surface area contributed by atoms with Gasteiger partial charge in [0, 0.05) is 24.9 Å². The van der Waals surface area contributed by atoms with Crippen LogP contribution >= 0.6 is 0 Å². The third-order valence-corrected chi connectivity index (χ3v) is 5.37. The van der Waals surface area contributed by atoms with Gasteiger partial charge in [0.2, 0.25) is 5.91 Å². The van der Waals surface area contributed by atoms with Crippen LogP contribution in [0, 0.1) is 11.8 Å². The fourth-order valence-corrected chi connectivity index (χ4v) is 4.25. The van der Waals surface area contributed by atoms with Crippen LogP contribution in [0.5, 0.6) is 0 Å². The van der Waals surface area contributed by atoms with Gasteiger partial charge in [0.25, 0.3) is 0 Å². The minimum atomic E-state index is -4.48. The van der Waals surface area contributed by atoms with Crippen molar-refractivity contribution in [2.24, 2.45) is 11.8 Å². The molecule has 4 nitrogen and oxygen atoms in total. The lowest BCUT2D eigenvalue weighted by atomic mass is 9.84. The summed E-state index contributed by atoms with van der Waals surface area (Å²) >= 11 is 0. The molecule has 0 aromatic carbocycles. The second-order valence-electron chi connectivity index (χ2n) is 5.96. The van der Waals surface area contributed by atoms with Gasteiger partial charge in [-0.15, -0.1) is 3.89 Å². The molecule has 1 amide bonds. The Kier molecular flexibility index (Phi) is 4.48. The van der Waals surface area contributed by atoms with Crippen LogP contribution in [0.25, 0.3) is 0 Å². The van der Waals surface area contributed by atoms with Gasteiger partial charge in [0.1, 0.15) is 0 Å². The van der Waals surface area contributed by atoms with Gasteiger partial charge in [0.05, 0.1) is 5.75 Å². The van der Waals surface area contributed by atoms with Gasteiger partial charge in [-0.05, 0) is 25.7 Å². The maximum absolute atomic E-state index is 12.7. The molecule has 2 rings (SSSR count). The smallest absolute Gasteiger partial charge is 0.302 e. The summed E-state index contributed by atoms with van der Waals surface area (Å²) in [6, 6.07) is 0.153. The SMILES string of the molecule is CC(C1CCCCC1)N1CC(CS(=O)(=O)F)CC1=O. The summed E-state index contributed by atoms with van der Waals surface area (Å²) in [6.07, 6.45) is 6.12. The minimum absolute atomic E-state index is 0.0216. The number of likely N-dealkylation sites (tertiary alicyclic amines) is 1. The molecule has 0 bridgehead atoms. The molecule has 2 aliphatic rings. The quantitative estimate of drug-likeness (QED) is 0.745. The van der Waals surface area contributed by atoms with Crippen molar-refractivity contribution in [1.82, 2.24) is 4.90 Å². The number of carbonyl (C=O) groups is 1. The zero-order valence-electron chi connectivity index (χ0n) is 11.3. The van der Waals surface area contributed by atoms with Crippen LogP contribution in [-0.2, 0) is 15.0 Å². The van der Waals surface area contributed by atoms with E-state index in [2.05, 4.69) is 0 Å². The van der Waals surface area contributed by atoms with Gasteiger partial charge in [-0.3, -0.25) is 4.79 Å². The first-order valence-electron chi connectivity index (χ1n) is 7.08. The molecule has 1 heterocycles. The maximum atomic E-state index is 12.7. The number of halogens is 1. The van der Waals surface area contributed by atoms with Gasteiger partial charge in [-0.2, -0.15) is 8.42 Å². The fraction of sp³-hybridized carbons (Fsp3) is 0.923. The Hall–Kier alpha value is -0.650. The van der Waals surface area contributed by atoms with E-state index in [1.54, 1.807) is 4.90 Å². The molecule has 1 aliphatic heterocycles. The first-order chi connectivity index (χ1) is 8.87. The van der Waals surface area contributed by atoms with Crippen molar-refractivity contribution in [3.05, 3.63) is 0 Å². The van der Waals surface area contributed by atoms with E-state index in [1.165, 1.54) is 19.3 Å². The molecule has 0 aromatic heterocycles. The van der Waals surface area contributed by atoms with Gasteiger partial charge >= 0.3 is 10.2 Å². The molecule has 19 heavy (non-hydrogen) atoms. The molecular weight excluding hydrogens is 269 g/mol. The zero-order chi connectivity index (χ0) is 14.0. The zero-order valence-corrected chi connectivity index (χ0v) is 12.2. The Bertz CT molecular complexity index is 431. The van der Waals surface area contributed by atoms with E-state index in [-0.39, 0.29) is 24.3 Å². The number of hydrogen-bond donors (Lipinski definition) is 0. The Morgan fingerprint density at radius 3 is 2.53 bits per heavy atom. The number of hydrogen-bond acceptors (Lipinski definition) is 3. The molecule has 2 unspecified atom stereocenters. The summed E-state index contributed by atoms with van der Waals surface area (Å²) in [4.78, 5) is 13.7. The van der Waals surface area contributed by atoms with Crippen LogP contribution in [-0.4, -0.2) is 37.6 Å². The van der Waals surface area contributed by atoms with Crippen molar-refractivity contribution in [2.45, 2.75) is 51.5 Å². The van der Waals surface area contributed by atoms with Crippen molar-refractivity contribution in [1.29, 1.82) is 0 Å². The lowest BCUT2D eigenvalue weighted by Gasteiger charge is -2.34. The van der Waals surface area contributed by atoms with Crippen LogP contribution in [0.4, 0.5) is 3.89 Å². The molecule has 1 aliphatic carbocycles. The molecule has 110 valence electrons. The summed E-state index contributed by atoms with van der Waals surface area (Å²) < 4.78 is 34.0. The van der Waals surface area contributed by atoms with Gasteiger partial charge in [-0.25, -0.2) is 0 Å². The number of rotatable bonds is 4. The highest BCUT2D eigenvalue weighted by atomic mass is 32.3. The average Bonchev–Trinajstić information content (AvgIpc) is 2.68. The van der Waals surface area contributed by atoms with E-state index in [1.807, 2.05) is 6.92 Å². The maximum Gasteiger partial charge on any atom is 0.302 e. The topological polar surface area (TPSA) is 54.5 Å². The normalized spacial score (nSPS) is 27.8. The standard InChI is InChI=1S/C13H22FNO3S/c1-10(12-5-3-2-4-6-12)15-8-11(7-13(15)16)9-19(14,17)18/h10-12H,2-9H2,1H3. The van der Waals surface area contributed by atoms with Gasteiger partial charge < -0.3 is 4.90 Å². The highest BCUT2D eigenvalue weighted by Gasteiger charge is 2.37. The first kappa shape index (κ1) is 14.8.